The SMILES string of the molecule is Cc1c(NC(=S)N[C@H]2C[C@H]3CC[C@@H]2C3)cccc1[N+](=O)[O-]. The maximum absolute atomic E-state index is 11.0. The van der Waals surface area contributed by atoms with Crippen LogP contribution in [0.25, 0.3) is 0 Å². The lowest BCUT2D eigenvalue weighted by molar-refractivity contribution is -0.385. The predicted octanol–water partition coefficient (Wildman–Crippen LogP) is 3.38. The molecule has 2 aliphatic carbocycles. The van der Waals surface area contributed by atoms with Gasteiger partial charge in [0.25, 0.3) is 5.69 Å². The molecule has 0 amide bonds. The lowest BCUT2D eigenvalue weighted by Gasteiger charge is -2.24. The lowest BCUT2D eigenvalue weighted by atomic mass is 9.95. The molecule has 2 N–H and O–H groups in total. The Balaban J connectivity index is 1.65. The Kier molecular flexibility index (Phi) is 3.80. The molecule has 0 spiro atoms. The van der Waals surface area contributed by atoms with Crippen molar-refractivity contribution in [1.29, 1.82) is 0 Å². The Morgan fingerprint density at radius 1 is 1.38 bits per heavy atom. The van der Waals surface area contributed by atoms with Crippen LogP contribution < -0.4 is 10.6 Å². The molecular weight excluding hydrogens is 286 g/mol. The van der Waals surface area contributed by atoms with Crippen LogP contribution in [0.4, 0.5) is 11.4 Å². The van der Waals surface area contributed by atoms with E-state index in [1.165, 1.54) is 31.7 Å². The van der Waals surface area contributed by atoms with Crippen molar-refractivity contribution in [3.05, 3.63) is 33.9 Å². The highest BCUT2D eigenvalue weighted by Crippen LogP contribution is 2.44. The van der Waals surface area contributed by atoms with E-state index in [1.807, 2.05) is 6.07 Å². The van der Waals surface area contributed by atoms with Crippen molar-refractivity contribution < 1.29 is 4.92 Å². The van der Waals surface area contributed by atoms with Gasteiger partial charge in [0.05, 0.1) is 10.5 Å². The summed E-state index contributed by atoms with van der Waals surface area (Å²) in [4.78, 5) is 10.6. The number of nitro benzene ring substituents is 1. The number of fused-ring (bicyclic) bond motifs is 2. The first kappa shape index (κ1) is 14.3. The molecule has 1 aromatic rings. The minimum absolute atomic E-state index is 0.114. The van der Waals surface area contributed by atoms with E-state index in [4.69, 9.17) is 12.2 Å². The summed E-state index contributed by atoms with van der Waals surface area (Å²) in [5.41, 5.74) is 1.42. The van der Waals surface area contributed by atoms with Crippen molar-refractivity contribution >= 4 is 28.7 Å². The summed E-state index contributed by atoms with van der Waals surface area (Å²) in [5.74, 6) is 1.59. The normalized spacial score (nSPS) is 26.6. The van der Waals surface area contributed by atoms with E-state index < -0.39 is 0 Å². The quantitative estimate of drug-likeness (QED) is 0.509. The Bertz CT molecular complexity index is 590. The van der Waals surface area contributed by atoms with Crippen LogP contribution in [0.1, 0.15) is 31.2 Å². The first-order chi connectivity index (χ1) is 10.0. The Labute approximate surface area is 129 Å². The van der Waals surface area contributed by atoms with Crippen molar-refractivity contribution in [2.24, 2.45) is 11.8 Å². The molecule has 6 heteroatoms. The van der Waals surface area contributed by atoms with Gasteiger partial charge in [-0.2, -0.15) is 0 Å². The van der Waals surface area contributed by atoms with Gasteiger partial charge in [0.1, 0.15) is 0 Å². The third-order valence-electron chi connectivity index (χ3n) is 4.80. The van der Waals surface area contributed by atoms with Crippen LogP contribution in [-0.2, 0) is 0 Å². The zero-order valence-electron chi connectivity index (χ0n) is 12.0. The number of anilines is 1. The van der Waals surface area contributed by atoms with Crippen LogP contribution >= 0.6 is 12.2 Å². The smallest absolute Gasteiger partial charge is 0.274 e. The van der Waals surface area contributed by atoms with Gasteiger partial charge in [-0.05, 0) is 56.3 Å². The van der Waals surface area contributed by atoms with E-state index in [1.54, 1.807) is 13.0 Å². The fourth-order valence-corrected chi connectivity index (χ4v) is 3.97. The van der Waals surface area contributed by atoms with Gasteiger partial charge in [-0.3, -0.25) is 10.1 Å². The summed E-state index contributed by atoms with van der Waals surface area (Å²) in [7, 11) is 0. The molecule has 2 aliphatic rings. The Hall–Kier alpha value is -1.69. The summed E-state index contributed by atoms with van der Waals surface area (Å²) in [6.45, 7) is 1.74. The summed E-state index contributed by atoms with van der Waals surface area (Å²) < 4.78 is 0. The number of hydrogen-bond donors (Lipinski definition) is 2. The minimum atomic E-state index is -0.368. The van der Waals surface area contributed by atoms with Crippen molar-refractivity contribution in [2.75, 3.05) is 5.32 Å². The molecule has 0 unspecified atom stereocenters. The molecule has 1 aromatic carbocycles. The van der Waals surface area contributed by atoms with Crippen molar-refractivity contribution in [3.8, 4) is 0 Å². The van der Waals surface area contributed by atoms with E-state index in [0.29, 0.717) is 22.4 Å². The van der Waals surface area contributed by atoms with Gasteiger partial charge in [-0.25, -0.2) is 0 Å². The maximum atomic E-state index is 11.0. The summed E-state index contributed by atoms with van der Waals surface area (Å²) >= 11 is 5.36. The molecule has 0 heterocycles. The number of nitrogens with one attached hydrogen (secondary N) is 2. The molecule has 2 fully saturated rings. The summed E-state index contributed by atoms with van der Waals surface area (Å²) in [6, 6.07) is 5.46. The standard InChI is InChI=1S/C15H19N3O2S/c1-9-12(3-2-4-14(9)18(19)20)16-15(21)17-13-8-10-5-6-11(13)7-10/h2-4,10-11,13H,5-8H2,1H3,(H2,16,17,21)/t10-,11+,13-/m0/s1. The molecule has 0 saturated heterocycles. The largest absolute Gasteiger partial charge is 0.359 e. The van der Waals surface area contributed by atoms with Crippen molar-refractivity contribution in [3.63, 3.8) is 0 Å². The third-order valence-corrected chi connectivity index (χ3v) is 5.02. The number of hydrogen-bond acceptors (Lipinski definition) is 3. The molecule has 3 atom stereocenters. The number of nitrogens with zero attached hydrogens (tertiary/aromatic N) is 1. The maximum Gasteiger partial charge on any atom is 0.274 e. The second kappa shape index (κ2) is 5.60. The molecule has 112 valence electrons. The Morgan fingerprint density at radius 2 is 2.19 bits per heavy atom. The third kappa shape index (κ3) is 2.85. The van der Waals surface area contributed by atoms with E-state index in [2.05, 4.69) is 10.6 Å². The molecule has 0 aromatic heterocycles. The van der Waals surface area contributed by atoms with Crippen LogP contribution in [0.3, 0.4) is 0 Å². The highest BCUT2D eigenvalue weighted by Gasteiger charge is 2.39. The first-order valence-electron chi connectivity index (χ1n) is 7.36. The zero-order chi connectivity index (χ0) is 15.0. The number of benzene rings is 1. The average Bonchev–Trinajstić information content (AvgIpc) is 3.03. The van der Waals surface area contributed by atoms with Crippen LogP contribution in [0.2, 0.25) is 0 Å². The molecule has 0 aliphatic heterocycles. The first-order valence-corrected chi connectivity index (χ1v) is 7.77. The highest BCUT2D eigenvalue weighted by atomic mass is 32.1. The van der Waals surface area contributed by atoms with E-state index in [0.717, 1.165) is 11.8 Å². The molecule has 0 radical (unpaired) electrons. The molecular formula is C15H19N3O2S. The van der Waals surface area contributed by atoms with Crippen LogP contribution in [-0.4, -0.2) is 16.1 Å². The molecule has 3 rings (SSSR count). The van der Waals surface area contributed by atoms with Gasteiger partial charge >= 0.3 is 0 Å². The van der Waals surface area contributed by atoms with Crippen LogP contribution in [0.15, 0.2) is 18.2 Å². The topological polar surface area (TPSA) is 67.2 Å². The highest BCUT2D eigenvalue weighted by molar-refractivity contribution is 7.80. The van der Waals surface area contributed by atoms with Crippen molar-refractivity contribution in [1.82, 2.24) is 5.32 Å². The fourth-order valence-electron chi connectivity index (χ4n) is 3.70. The molecule has 5 nitrogen and oxygen atoms in total. The van der Waals surface area contributed by atoms with Crippen molar-refractivity contribution in [2.45, 2.75) is 38.6 Å². The molecule has 2 bridgehead atoms. The van der Waals surface area contributed by atoms with Crippen LogP contribution in [0.5, 0.6) is 0 Å². The lowest BCUT2D eigenvalue weighted by Crippen LogP contribution is -2.40. The monoisotopic (exact) mass is 305 g/mol. The summed E-state index contributed by atoms with van der Waals surface area (Å²) in [5, 5.41) is 18.0. The number of nitro groups is 1. The Morgan fingerprint density at radius 3 is 2.81 bits per heavy atom. The van der Waals surface area contributed by atoms with E-state index in [-0.39, 0.29) is 10.6 Å². The predicted molar refractivity (Wildman–Crippen MR) is 86.4 cm³/mol. The van der Waals surface area contributed by atoms with Gasteiger partial charge in [0.2, 0.25) is 0 Å². The van der Waals surface area contributed by atoms with E-state index in [9.17, 15) is 10.1 Å². The fraction of sp³-hybridized carbons (Fsp3) is 0.533. The second-order valence-electron chi connectivity index (χ2n) is 6.09. The molecule has 21 heavy (non-hydrogen) atoms. The second-order valence-corrected chi connectivity index (χ2v) is 6.49. The number of rotatable bonds is 3. The van der Waals surface area contributed by atoms with Gasteiger partial charge in [-0.15, -0.1) is 0 Å². The summed E-state index contributed by atoms with van der Waals surface area (Å²) in [6.07, 6.45) is 5.16. The van der Waals surface area contributed by atoms with Gasteiger partial charge < -0.3 is 10.6 Å². The van der Waals surface area contributed by atoms with E-state index >= 15 is 0 Å². The van der Waals surface area contributed by atoms with Gasteiger partial charge in [0.15, 0.2) is 5.11 Å². The van der Waals surface area contributed by atoms with Crippen LogP contribution in [0, 0.1) is 28.9 Å². The average molecular weight is 305 g/mol. The van der Waals surface area contributed by atoms with Gasteiger partial charge in [0, 0.05) is 17.8 Å². The number of thiocarbonyl (C=S) groups is 1. The minimum Gasteiger partial charge on any atom is -0.359 e. The van der Waals surface area contributed by atoms with Gasteiger partial charge in [-0.1, -0.05) is 12.5 Å². The molecule has 2 saturated carbocycles. The zero-order valence-corrected chi connectivity index (χ0v) is 12.8.